The molecule has 4 aliphatic heterocycles. The molecule has 0 aliphatic carbocycles. The summed E-state index contributed by atoms with van der Waals surface area (Å²) in [6, 6.07) is 12.6. The van der Waals surface area contributed by atoms with Gasteiger partial charge >= 0.3 is 0 Å². The number of nitrogens with zero attached hydrogens (tertiary/aromatic N) is 4. The highest BCUT2D eigenvalue weighted by Gasteiger charge is 2.67. The summed E-state index contributed by atoms with van der Waals surface area (Å²) in [5.41, 5.74) is -1.39. The summed E-state index contributed by atoms with van der Waals surface area (Å²) in [5, 5.41) is 11.9. The number of anilines is 1. The molecule has 12 heteroatoms. The van der Waals surface area contributed by atoms with Crippen LogP contribution in [-0.4, -0.2) is 104 Å². The fraction of sp³-hybridized carbons (Fsp3) is 0.406. The van der Waals surface area contributed by atoms with E-state index in [9.17, 15) is 27.9 Å². The Hall–Kier alpha value is -3.84. The first-order valence-corrected chi connectivity index (χ1v) is 16.4. The molecule has 232 valence electrons. The minimum atomic E-state index is -3.87. The number of Topliss-reactive ketones (excluding diaryl/α,β-unsaturated/α-hetero) is 1. The van der Waals surface area contributed by atoms with Crippen LogP contribution < -0.4 is 4.90 Å². The van der Waals surface area contributed by atoms with Crippen LogP contribution in [0.3, 0.4) is 0 Å². The van der Waals surface area contributed by atoms with Gasteiger partial charge in [-0.3, -0.25) is 19.3 Å². The van der Waals surface area contributed by atoms with Gasteiger partial charge in [0.1, 0.15) is 5.76 Å². The summed E-state index contributed by atoms with van der Waals surface area (Å²) in [6.45, 7) is 7.50. The SMILES string of the molecule is C=CCN1C(=O)C2(/C(=C(/O)c3cccc(S(=O)(=O)N4CCCCC4)c3)C(=O)C(=O)N2CCN2CCOCC2)c2ccccc21. The lowest BCUT2D eigenvalue weighted by Crippen LogP contribution is -2.54. The standard InChI is InChI=1S/C32H36N4O7S/c1-2-13-35-26-12-5-4-11-25(26)32(31(35)40)27(29(38)30(39)36(32)17-16-33-18-20-43-21-19-33)28(37)23-9-8-10-24(22-23)44(41,42)34-14-6-3-7-15-34/h2,4-5,8-12,22,37H,1,3,6-7,13-21H2/b28-27+. The molecule has 1 atom stereocenters. The lowest BCUT2D eigenvalue weighted by Gasteiger charge is -2.36. The predicted octanol–water partition coefficient (Wildman–Crippen LogP) is 2.30. The van der Waals surface area contributed by atoms with Crippen LogP contribution in [-0.2, 0) is 34.7 Å². The number of aliphatic hydroxyl groups excluding tert-OH is 1. The number of hydrogen-bond acceptors (Lipinski definition) is 8. The normalized spacial score (nSPS) is 24.3. The molecule has 0 saturated carbocycles. The lowest BCUT2D eigenvalue weighted by atomic mass is 9.82. The Morgan fingerprint density at radius 1 is 0.955 bits per heavy atom. The van der Waals surface area contributed by atoms with E-state index in [1.54, 1.807) is 30.3 Å². The minimum Gasteiger partial charge on any atom is -0.507 e. The molecule has 1 unspecified atom stereocenters. The monoisotopic (exact) mass is 620 g/mol. The highest BCUT2D eigenvalue weighted by molar-refractivity contribution is 7.89. The van der Waals surface area contributed by atoms with Crippen molar-refractivity contribution >= 4 is 39.1 Å². The van der Waals surface area contributed by atoms with E-state index in [1.807, 2.05) is 0 Å². The molecule has 2 amide bonds. The Morgan fingerprint density at radius 3 is 2.41 bits per heavy atom. The number of fused-ring (bicyclic) bond motifs is 2. The molecule has 44 heavy (non-hydrogen) atoms. The smallest absolute Gasteiger partial charge is 0.296 e. The van der Waals surface area contributed by atoms with E-state index >= 15 is 0 Å². The van der Waals surface area contributed by atoms with Crippen molar-refractivity contribution in [2.75, 3.05) is 63.9 Å². The molecule has 0 aromatic heterocycles. The summed E-state index contributed by atoms with van der Waals surface area (Å²) in [5.74, 6) is -3.06. The summed E-state index contributed by atoms with van der Waals surface area (Å²) in [7, 11) is -3.87. The third kappa shape index (κ3) is 4.76. The zero-order chi connectivity index (χ0) is 31.1. The predicted molar refractivity (Wildman–Crippen MR) is 163 cm³/mol. The topological polar surface area (TPSA) is 128 Å². The van der Waals surface area contributed by atoms with Gasteiger partial charge in [0.15, 0.2) is 5.54 Å². The maximum Gasteiger partial charge on any atom is 0.296 e. The first-order valence-electron chi connectivity index (χ1n) is 15.0. The second-order valence-corrected chi connectivity index (χ2v) is 13.3. The molecule has 2 aromatic rings. The van der Waals surface area contributed by atoms with Crippen LogP contribution in [0.5, 0.6) is 0 Å². The van der Waals surface area contributed by atoms with Gasteiger partial charge in [-0.2, -0.15) is 4.31 Å². The Bertz CT molecular complexity index is 1640. The highest BCUT2D eigenvalue weighted by atomic mass is 32.2. The van der Waals surface area contributed by atoms with Gasteiger partial charge in [-0.15, -0.1) is 6.58 Å². The molecule has 11 nitrogen and oxygen atoms in total. The van der Waals surface area contributed by atoms with Gasteiger partial charge in [-0.25, -0.2) is 8.42 Å². The Labute approximate surface area is 257 Å². The summed E-state index contributed by atoms with van der Waals surface area (Å²) in [6.07, 6.45) is 4.03. The van der Waals surface area contributed by atoms with E-state index in [0.29, 0.717) is 57.2 Å². The average molecular weight is 621 g/mol. The highest BCUT2D eigenvalue weighted by Crippen LogP contribution is 2.53. The van der Waals surface area contributed by atoms with Gasteiger partial charge in [-0.05, 0) is 31.0 Å². The molecule has 6 rings (SSSR count). The van der Waals surface area contributed by atoms with Crippen molar-refractivity contribution in [2.45, 2.75) is 29.7 Å². The number of aliphatic hydroxyl groups is 1. The first-order chi connectivity index (χ1) is 21.2. The lowest BCUT2D eigenvalue weighted by molar-refractivity contribution is -0.144. The van der Waals surface area contributed by atoms with Gasteiger partial charge in [0.2, 0.25) is 10.0 Å². The van der Waals surface area contributed by atoms with Crippen LogP contribution in [0.15, 0.2) is 71.7 Å². The maximum atomic E-state index is 14.6. The summed E-state index contributed by atoms with van der Waals surface area (Å²) >= 11 is 0. The van der Waals surface area contributed by atoms with Crippen molar-refractivity contribution in [1.29, 1.82) is 0 Å². The third-order valence-corrected chi connectivity index (χ3v) is 10.8. The molecule has 1 N–H and O–H groups in total. The molecular weight excluding hydrogens is 584 g/mol. The van der Waals surface area contributed by atoms with Gasteiger partial charge in [0.05, 0.1) is 29.4 Å². The maximum absolute atomic E-state index is 14.6. The molecule has 2 aromatic carbocycles. The first kappa shape index (κ1) is 30.2. The van der Waals surface area contributed by atoms with E-state index in [2.05, 4.69) is 11.5 Å². The van der Waals surface area contributed by atoms with Crippen LogP contribution in [0.2, 0.25) is 0 Å². The van der Waals surface area contributed by atoms with Crippen LogP contribution in [0, 0.1) is 0 Å². The van der Waals surface area contributed by atoms with Crippen molar-refractivity contribution in [1.82, 2.24) is 14.1 Å². The second kappa shape index (κ2) is 11.9. The number of sulfonamides is 1. The molecule has 0 bridgehead atoms. The fourth-order valence-electron chi connectivity index (χ4n) is 6.75. The van der Waals surface area contributed by atoms with E-state index in [0.717, 1.165) is 19.3 Å². The van der Waals surface area contributed by atoms with E-state index in [4.69, 9.17) is 4.74 Å². The number of benzene rings is 2. The Kier molecular flexibility index (Phi) is 8.18. The van der Waals surface area contributed by atoms with Crippen LogP contribution in [0.4, 0.5) is 5.69 Å². The zero-order valence-corrected chi connectivity index (χ0v) is 25.3. The number of para-hydroxylation sites is 1. The number of likely N-dealkylation sites (tertiary alicyclic amines) is 1. The van der Waals surface area contributed by atoms with Gasteiger partial charge in [0, 0.05) is 56.9 Å². The number of morpholine rings is 1. The van der Waals surface area contributed by atoms with Crippen molar-refractivity contribution < 1.29 is 32.6 Å². The number of ether oxygens (including phenoxy) is 1. The minimum absolute atomic E-state index is 0.0288. The third-order valence-electron chi connectivity index (χ3n) is 8.92. The number of carbonyl (C=O) groups is 3. The van der Waals surface area contributed by atoms with Gasteiger partial charge in [0.25, 0.3) is 17.6 Å². The van der Waals surface area contributed by atoms with Gasteiger partial charge < -0.3 is 19.6 Å². The average Bonchev–Trinajstić information content (AvgIpc) is 3.43. The number of carbonyl (C=O) groups excluding carboxylic acids is 3. The quantitative estimate of drug-likeness (QED) is 0.206. The van der Waals surface area contributed by atoms with E-state index in [-0.39, 0.29) is 29.1 Å². The van der Waals surface area contributed by atoms with Crippen molar-refractivity contribution in [2.24, 2.45) is 0 Å². The Balaban J connectivity index is 1.51. The van der Waals surface area contributed by atoms with Crippen LogP contribution in [0.25, 0.3) is 5.76 Å². The number of piperidine rings is 1. The summed E-state index contributed by atoms with van der Waals surface area (Å²) in [4.78, 5) is 47.1. The molecular formula is C32H36N4O7S. The molecule has 0 radical (unpaired) electrons. The number of amides is 2. The molecule has 1 spiro atoms. The number of rotatable bonds is 8. The van der Waals surface area contributed by atoms with Crippen molar-refractivity contribution in [3.8, 4) is 0 Å². The molecule has 3 saturated heterocycles. The fourth-order valence-corrected chi connectivity index (χ4v) is 8.31. The number of ketones is 1. The molecule has 4 heterocycles. The Morgan fingerprint density at radius 2 is 1.68 bits per heavy atom. The second-order valence-electron chi connectivity index (χ2n) is 11.4. The summed E-state index contributed by atoms with van der Waals surface area (Å²) < 4.78 is 33.8. The molecule has 4 aliphatic rings. The number of hydrogen-bond donors (Lipinski definition) is 1. The van der Waals surface area contributed by atoms with Crippen LogP contribution >= 0.6 is 0 Å². The molecule has 3 fully saturated rings. The van der Waals surface area contributed by atoms with Crippen LogP contribution in [0.1, 0.15) is 30.4 Å². The van der Waals surface area contributed by atoms with E-state index in [1.165, 1.54) is 38.4 Å². The van der Waals surface area contributed by atoms with Crippen molar-refractivity contribution in [3.05, 3.63) is 77.9 Å². The van der Waals surface area contributed by atoms with E-state index < -0.39 is 38.9 Å². The zero-order valence-electron chi connectivity index (χ0n) is 24.5. The van der Waals surface area contributed by atoms with Gasteiger partial charge in [-0.1, -0.05) is 42.8 Å². The largest absolute Gasteiger partial charge is 0.507 e. The van der Waals surface area contributed by atoms with Crippen molar-refractivity contribution in [3.63, 3.8) is 0 Å².